The first-order chi connectivity index (χ1) is 13.5. The molecule has 1 amide bonds. The summed E-state index contributed by atoms with van der Waals surface area (Å²) in [5.74, 6) is 1.40. The molecule has 2 aliphatic rings. The van der Waals surface area contributed by atoms with Crippen LogP contribution in [0.5, 0.6) is 17.2 Å². The highest BCUT2D eigenvalue weighted by Gasteiger charge is 2.23. The van der Waals surface area contributed by atoms with Gasteiger partial charge in [0.15, 0.2) is 17.5 Å². The van der Waals surface area contributed by atoms with Crippen LogP contribution < -0.4 is 30.2 Å². The third-order valence-corrected chi connectivity index (χ3v) is 4.26. The third-order valence-electron chi connectivity index (χ3n) is 4.26. The minimum absolute atomic E-state index is 0.0129. The van der Waals surface area contributed by atoms with Crippen molar-refractivity contribution >= 4 is 11.9 Å². The van der Waals surface area contributed by atoms with Crippen molar-refractivity contribution in [3.63, 3.8) is 0 Å². The van der Waals surface area contributed by atoms with Gasteiger partial charge in [-0.25, -0.2) is 0 Å². The van der Waals surface area contributed by atoms with E-state index in [1.807, 2.05) is 0 Å². The monoisotopic (exact) mass is 398 g/mol. The number of nitrogens with zero attached hydrogens (tertiary/aromatic N) is 1. The average molecular weight is 398 g/mol. The smallest absolute Gasteiger partial charge is 0.387 e. The molecule has 1 saturated carbocycles. The van der Waals surface area contributed by atoms with Crippen molar-refractivity contribution in [2.24, 2.45) is 4.99 Å². The number of carbonyl (C=O) groups is 1. The molecule has 0 atom stereocenters. The van der Waals surface area contributed by atoms with Crippen molar-refractivity contribution in [1.82, 2.24) is 16.0 Å². The number of nitrogens with one attached hydrogen (secondary N) is 3. The Labute approximate surface area is 161 Å². The summed E-state index contributed by atoms with van der Waals surface area (Å²) in [6.45, 7) is -2.16. The number of alkyl halides is 2. The minimum Gasteiger partial charge on any atom is -0.454 e. The molecule has 0 saturated heterocycles. The summed E-state index contributed by atoms with van der Waals surface area (Å²) in [6, 6.07) is 3.35. The second-order valence-electron chi connectivity index (χ2n) is 6.49. The topological polar surface area (TPSA) is 93.2 Å². The van der Waals surface area contributed by atoms with Crippen molar-refractivity contribution in [3.05, 3.63) is 17.7 Å². The van der Waals surface area contributed by atoms with E-state index in [1.165, 1.54) is 6.07 Å². The molecule has 1 aliphatic carbocycles. The lowest BCUT2D eigenvalue weighted by Gasteiger charge is -2.15. The predicted octanol–water partition coefficient (Wildman–Crippen LogP) is 1.74. The van der Waals surface area contributed by atoms with E-state index in [2.05, 4.69) is 25.7 Å². The van der Waals surface area contributed by atoms with Crippen LogP contribution in [-0.4, -0.2) is 44.9 Å². The van der Waals surface area contributed by atoms with E-state index in [1.54, 1.807) is 13.1 Å². The van der Waals surface area contributed by atoms with Gasteiger partial charge in [-0.1, -0.05) is 0 Å². The summed E-state index contributed by atoms with van der Waals surface area (Å²) in [7, 11) is 1.60. The highest BCUT2D eigenvalue weighted by atomic mass is 19.3. The summed E-state index contributed by atoms with van der Waals surface area (Å²) < 4.78 is 40.4. The Balaban J connectivity index is 1.48. The van der Waals surface area contributed by atoms with Gasteiger partial charge >= 0.3 is 6.61 Å². The zero-order valence-electron chi connectivity index (χ0n) is 15.6. The summed E-state index contributed by atoms with van der Waals surface area (Å²) in [4.78, 5) is 15.7. The maximum absolute atomic E-state index is 12.7. The van der Waals surface area contributed by atoms with Gasteiger partial charge in [-0.2, -0.15) is 8.78 Å². The van der Waals surface area contributed by atoms with Crippen LogP contribution in [-0.2, 0) is 11.3 Å². The molecule has 0 bridgehead atoms. The SMILES string of the molecule is CN=C(NCCCC(=O)NC1CC1)NCc1cc2c(cc1OC(F)F)OCO2. The molecule has 1 fully saturated rings. The summed E-state index contributed by atoms with van der Waals surface area (Å²) in [5, 5.41) is 9.06. The second-order valence-corrected chi connectivity index (χ2v) is 6.49. The van der Waals surface area contributed by atoms with E-state index in [0.717, 1.165) is 12.8 Å². The van der Waals surface area contributed by atoms with Gasteiger partial charge in [0.2, 0.25) is 12.7 Å². The Hall–Kier alpha value is -2.78. The van der Waals surface area contributed by atoms with E-state index in [9.17, 15) is 13.6 Å². The lowest BCUT2D eigenvalue weighted by atomic mass is 10.1. The van der Waals surface area contributed by atoms with Gasteiger partial charge in [-0.15, -0.1) is 0 Å². The number of fused-ring (bicyclic) bond motifs is 1. The van der Waals surface area contributed by atoms with Crippen LogP contribution in [0.3, 0.4) is 0 Å². The number of halogens is 2. The normalized spacial score (nSPS) is 15.5. The molecule has 1 aromatic rings. The molecule has 1 aliphatic heterocycles. The average Bonchev–Trinajstić information content (AvgIpc) is 3.35. The van der Waals surface area contributed by atoms with Crippen LogP contribution >= 0.6 is 0 Å². The molecule has 1 aromatic carbocycles. The number of carbonyl (C=O) groups excluding carboxylic acids is 1. The predicted molar refractivity (Wildman–Crippen MR) is 97.8 cm³/mol. The Morgan fingerprint density at radius 1 is 1.29 bits per heavy atom. The number of guanidine groups is 1. The molecule has 0 spiro atoms. The van der Waals surface area contributed by atoms with E-state index in [4.69, 9.17) is 9.47 Å². The fraction of sp³-hybridized carbons (Fsp3) is 0.556. The van der Waals surface area contributed by atoms with E-state index < -0.39 is 6.61 Å². The Bertz CT molecular complexity index is 726. The fourth-order valence-corrected chi connectivity index (χ4v) is 2.69. The largest absolute Gasteiger partial charge is 0.454 e. The van der Waals surface area contributed by atoms with Gasteiger partial charge in [-0.3, -0.25) is 9.79 Å². The minimum atomic E-state index is -2.95. The van der Waals surface area contributed by atoms with Crippen molar-refractivity contribution < 1.29 is 27.8 Å². The Morgan fingerprint density at radius 2 is 2.04 bits per heavy atom. The number of hydrogen-bond acceptors (Lipinski definition) is 5. The maximum atomic E-state index is 12.7. The standard InChI is InChI=1S/C18H24F2N4O4/c1-21-18(22-6-2-3-16(25)24-12-4-5-12)23-9-11-7-14-15(27-10-26-14)8-13(11)28-17(19)20/h7-8,12,17H,2-6,9-10H2,1H3,(H,24,25)(H2,21,22,23). The molecule has 8 nitrogen and oxygen atoms in total. The molecular formula is C18H24F2N4O4. The highest BCUT2D eigenvalue weighted by Crippen LogP contribution is 2.38. The molecule has 0 radical (unpaired) electrons. The fourth-order valence-electron chi connectivity index (χ4n) is 2.69. The van der Waals surface area contributed by atoms with E-state index in [-0.39, 0.29) is 25.0 Å². The number of hydrogen-bond donors (Lipinski definition) is 3. The third kappa shape index (κ3) is 5.86. The van der Waals surface area contributed by atoms with Crippen LogP contribution in [0, 0.1) is 0 Å². The van der Waals surface area contributed by atoms with E-state index in [0.29, 0.717) is 48.5 Å². The van der Waals surface area contributed by atoms with Crippen LogP contribution in [0.1, 0.15) is 31.2 Å². The quantitative estimate of drug-likeness (QED) is 0.333. The maximum Gasteiger partial charge on any atom is 0.387 e. The van der Waals surface area contributed by atoms with Crippen molar-refractivity contribution in [1.29, 1.82) is 0 Å². The summed E-state index contributed by atoms with van der Waals surface area (Å²) in [5.41, 5.74) is 0.483. The van der Waals surface area contributed by atoms with Gasteiger partial charge in [0, 0.05) is 44.2 Å². The number of aliphatic imine (C=N–C) groups is 1. The highest BCUT2D eigenvalue weighted by molar-refractivity contribution is 5.80. The molecule has 3 rings (SSSR count). The molecule has 10 heteroatoms. The van der Waals surface area contributed by atoms with Crippen LogP contribution in [0.15, 0.2) is 17.1 Å². The first kappa shape index (κ1) is 20.0. The van der Waals surface area contributed by atoms with Crippen LogP contribution in [0.2, 0.25) is 0 Å². The van der Waals surface area contributed by atoms with Crippen LogP contribution in [0.25, 0.3) is 0 Å². The number of benzene rings is 1. The lowest BCUT2D eigenvalue weighted by molar-refractivity contribution is -0.121. The van der Waals surface area contributed by atoms with Gasteiger partial charge in [-0.05, 0) is 25.3 Å². The van der Waals surface area contributed by atoms with Crippen molar-refractivity contribution in [2.75, 3.05) is 20.4 Å². The van der Waals surface area contributed by atoms with Gasteiger partial charge in [0.1, 0.15) is 5.75 Å². The van der Waals surface area contributed by atoms with Crippen molar-refractivity contribution in [3.8, 4) is 17.2 Å². The number of rotatable bonds is 9. The summed E-state index contributed by atoms with van der Waals surface area (Å²) in [6.07, 6.45) is 3.23. The van der Waals surface area contributed by atoms with Gasteiger partial charge in [0.25, 0.3) is 0 Å². The molecular weight excluding hydrogens is 374 g/mol. The number of ether oxygens (including phenoxy) is 3. The Kier molecular flexibility index (Phi) is 6.72. The Morgan fingerprint density at radius 3 is 2.71 bits per heavy atom. The van der Waals surface area contributed by atoms with E-state index >= 15 is 0 Å². The molecule has 154 valence electrons. The number of amides is 1. The molecule has 1 heterocycles. The molecule has 28 heavy (non-hydrogen) atoms. The first-order valence-electron chi connectivity index (χ1n) is 9.16. The lowest BCUT2D eigenvalue weighted by Crippen LogP contribution is -2.37. The molecule has 3 N–H and O–H groups in total. The zero-order chi connectivity index (χ0) is 19.9. The zero-order valence-corrected chi connectivity index (χ0v) is 15.6. The summed E-state index contributed by atoms with van der Waals surface area (Å²) >= 11 is 0. The molecule has 0 unspecified atom stereocenters. The van der Waals surface area contributed by atoms with Gasteiger partial charge < -0.3 is 30.2 Å². The van der Waals surface area contributed by atoms with Crippen molar-refractivity contribution in [2.45, 2.75) is 44.9 Å². The molecule has 0 aromatic heterocycles. The van der Waals surface area contributed by atoms with Crippen LogP contribution in [0.4, 0.5) is 8.78 Å². The second kappa shape index (κ2) is 9.43. The first-order valence-corrected chi connectivity index (χ1v) is 9.16. The van der Waals surface area contributed by atoms with Gasteiger partial charge in [0.05, 0.1) is 0 Å².